The molecule has 0 atom stereocenters. The summed E-state index contributed by atoms with van der Waals surface area (Å²) in [5.74, 6) is -0.0320. The van der Waals surface area contributed by atoms with Crippen LogP contribution in [-0.2, 0) is 14.8 Å². The van der Waals surface area contributed by atoms with Crippen molar-refractivity contribution in [2.75, 3.05) is 30.9 Å². The standard InChI is InChI=1S/C22H26ClN3O3S/c1-17(2)25-13-15-26(16-14-25)22(27)12-9-18-7-10-19(11-8-18)30(28,29)24-21-6-4-3-5-20(21)23/h3-12,17,24H,13-16H2,1-2H3/b12-9+. The number of sulfonamides is 1. The molecule has 1 aliphatic heterocycles. The van der Waals surface area contributed by atoms with Crippen molar-refractivity contribution in [2.45, 2.75) is 24.8 Å². The molecule has 1 amide bonds. The second kappa shape index (κ2) is 9.64. The lowest BCUT2D eigenvalue weighted by Gasteiger charge is -2.36. The highest BCUT2D eigenvalue weighted by atomic mass is 35.5. The fraction of sp³-hybridized carbons (Fsp3) is 0.318. The van der Waals surface area contributed by atoms with Gasteiger partial charge in [-0.1, -0.05) is 35.9 Å². The number of carbonyl (C=O) groups is 1. The number of halogens is 1. The molecule has 1 N–H and O–H groups in total. The lowest BCUT2D eigenvalue weighted by atomic mass is 10.2. The first-order valence-electron chi connectivity index (χ1n) is 9.85. The van der Waals surface area contributed by atoms with Gasteiger partial charge in [0.2, 0.25) is 5.91 Å². The summed E-state index contributed by atoms with van der Waals surface area (Å²) in [7, 11) is -3.75. The van der Waals surface area contributed by atoms with Gasteiger partial charge in [-0.3, -0.25) is 14.4 Å². The normalized spacial score (nSPS) is 15.7. The Morgan fingerprint density at radius 3 is 2.27 bits per heavy atom. The number of carbonyl (C=O) groups excluding carboxylic acids is 1. The van der Waals surface area contributed by atoms with E-state index in [9.17, 15) is 13.2 Å². The Kier molecular flexibility index (Phi) is 7.18. The summed E-state index contributed by atoms with van der Waals surface area (Å²) in [6.07, 6.45) is 3.24. The number of nitrogens with zero attached hydrogens (tertiary/aromatic N) is 2. The fourth-order valence-electron chi connectivity index (χ4n) is 3.24. The van der Waals surface area contributed by atoms with Crippen LogP contribution >= 0.6 is 11.6 Å². The van der Waals surface area contributed by atoms with Crippen molar-refractivity contribution in [3.63, 3.8) is 0 Å². The van der Waals surface area contributed by atoms with Crippen LogP contribution in [0.2, 0.25) is 5.02 Å². The molecule has 0 saturated carbocycles. The van der Waals surface area contributed by atoms with Crippen LogP contribution in [0.1, 0.15) is 19.4 Å². The van der Waals surface area contributed by atoms with Crippen LogP contribution in [0.5, 0.6) is 0 Å². The summed E-state index contributed by atoms with van der Waals surface area (Å²) >= 11 is 6.03. The minimum Gasteiger partial charge on any atom is -0.337 e. The van der Waals surface area contributed by atoms with Crippen LogP contribution in [0.15, 0.2) is 59.5 Å². The number of nitrogens with one attached hydrogen (secondary N) is 1. The molecular weight excluding hydrogens is 422 g/mol. The largest absolute Gasteiger partial charge is 0.337 e. The summed E-state index contributed by atoms with van der Waals surface area (Å²) in [6.45, 7) is 7.50. The van der Waals surface area contributed by atoms with E-state index in [1.165, 1.54) is 18.2 Å². The third-order valence-corrected chi connectivity index (χ3v) is 6.79. The number of rotatable bonds is 6. The number of amides is 1. The molecule has 160 valence electrons. The zero-order valence-corrected chi connectivity index (χ0v) is 18.7. The van der Waals surface area contributed by atoms with Crippen LogP contribution in [0.4, 0.5) is 5.69 Å². The summed E-state index contributed by atoms with van der Waals surface area (Å²) < 4.78 is 27.6. The van der Waals surface area contributed by atoms with Gasteiger partial charge in [0.15, 0.2) is 0 Å². The van der Waals surface area contributed by atoms with Crippen molar-refractivity contribution in [1.82, 2.24) is 9.80 Å². The Morgan fingerprint density at radius 2 is 1.67 bits per heavy atom. The molecule has 6 nitrogen and oxygen atoms in total. The second-order valence-electron chi connectivity index (χ2n) is 7.44. The third kappa shape index (κ3) is 5.62. The summed E-state index contributed by atoms with van der Waals surface area (Å²) in [4.78, 5) is 16.7. The van der Waals surface area contributed by atoms with E-state index in [0.29, 0.717) is 29.8 Å². The van der Waals surface area contributed by atoms with Gasteiger partial charge in [0.1, 0.15) is 0 Å². The molecule has 8 heteroatoms. The lowest BCUT2D eigenvalue weighted by Crippen LogP contribution is -2.50. The molecule has 2 aromatic rings. The van der Waals surface area contributed by atoms with E-state index >= 15 is 0 Å². The zero-order valence-electron chi connectivity index (χ0n) is 17.1. The highest BCUT2D eigenvalue weighted by molar-refractivity contribution is 7.92. The number of hydrogen-bond acceptors (Lipinski definition) is 4. The minimum absolute atomic E-state index is 0.0320. The van der Waals surface area contributed by atoms with Crippen LogP contribution in [0, 0.1) is 0 Å². The van der Waals surface area contributed by atoms with Crippen LogP contribution in [-0.4, -0.2) is 56.3 Å². The molecule has 2 aromatic carbocycles. The molecule has 3 rings (SSSR count). The maximum absolute atomic E-state index is 12.6. The van der Waals surface area contributed by atoms with Gasteiger partial charge in [-0.05, 0) is 49.8 Å². The van der Waals surface area contributed by atoms with Gasteiger partial charge in [0.05, 0.1) is 15.6 Å². The van der Waals surface area contributed by atoms with Crippen LogP contribution < -0.4 is 4.72 Å². The average molecular weight is 448 g/mol. The van der Waals surface area contributed by atoms with E-state index in [1.807, 2.05) is 4.90 Å². The molecule has 1 heterocycles. The number of piperazine rings is 1. The Balaban J connectivity index is 1.61. The molecule has 1 aliphatic rings. The molecule has 0 aromatic heterocycles. The van der Waals surface area contributed by atoms with Gasteiger partial charge in [-0.15, -0.1) is 0 Å². The molecule has 0 bridgehead atoms. The Bertz CT molecular complexity index is 1010. The molecular formula is C22H26ClN3O3S. The Hall–Kier alpha value is -2.35. The van der Waals surface area contributed by atoms with Crippen molar-refractivity contribution in [3.8, 4) is 0 Å². The summed E-state index contributed by atoms with van der Waals surface area (Å²) in [5, 5.41) is 0.327. The minimum atomic E-state index is -3.75. The van der Waals surface area contributed by atoms with Crippen LogP contribution in [0.25, 0.3) is 6.08 Å². The highest BCUT2D eigenvalue weighted by Gasteiger charge is 2.21. The van der Waals surface area contributed by atoms with E-state index in [4.69, 9.17) is 11.6 Å². The first-order valence-corrected chi connectivity index (χ1v) is 11.7. The second-order valence-corrected chi connectivity index (χ2v) is 9.53. The smallest absolute Gasteiger partial charge is 0.261 e. The number of hydrogen-bond donors (Lipinski definition) is 1. The van der Waals surface area contributed by atoms with Crippen molar-refractivity contribution < 1.29 is 13.2 Å². The molecule has 30 heavy (non-hydrogen) atoms. The van der Waals surface area contributed by atoms with Crippen LogP contribution in [0.3, 0.4) is 0 Å². The first kappa shape index (κ1) is 22.3. The maximum atomic E-state index is 12.6. The third-order valence-electron chi connectivity index (χ3n) is 5.08. The SMILES string of the molecule is CC(C)N1CCN(C(=O)/C=C/c2ccc(S(=O)(=O)Nc3ccccc3Cl)cc2)CC1. The van der Waals surface area contributed by atoms with Gasteiger partial charge in [0, 0.05) is 38.3 Å². The van der Waals surface area contributed by atoms with Crippen molar-refractivity contribution in [2.24, 2.45) is 0 Å². The molecule has 1 fully saturated rings. The van der Waals surface area contributed by atoms with E-state index in [0.717, 1.165) is 18.7 Å². The Morgan fingerprint density at radius 1 is 1.03 bits per heavy atom. The molecule has 0 radical (unpaired) electrons. The van der Waals surface area contributed by atoms with Gasteiger partial charge in [-0.25, -0.2) is 8.42 Å². The molecule has 0 aliphatic carbocycles. The monoisotopic (exact) mass is 447 g/mol. The van der Waals surface area contributed by atoms with E-state index < -0.39 is 10.0 Å². The van der Waals surface area contributed by atoms with Gasteiger partial charge >= 0.3 is 0 Å². The van der Waals surface area contributed by atoms with Gasteiger partial charge in [0.25, 0.3) is 10.0 Å². The number of anilines is 1. The molecule has 0 unspecified atom stereocenters. The predicted molar refractivity (Wildman–Crippen MR) is 121 cm³/mol. The number of para-hydroxylation sites is 1. The van der Waals surface area contributed by atoms with Crippen molar-refractivity contribution in [1.29, 1.82) is 0 Å². The number of benzene rings is 2. The van der Waals surface area contributed by atoms with Crippen molar-refractivity contribution >= 4 is 39.3 Å². The molecule has 0 spiro atoms. The summed E-state index contributed by atoms with van der Waals surface area (Å²) in [6, 6.07) is 13.5. The van der Waals surface area contributed by atoms with Gasteiger partial charge < -0.3 is 4.90 Å². The zero-order chi connectivity index (χ0) is 21.7. The highest BCUT2D eigenvalue weighted by Crippen LogP contribution is 2.24. The predicted octanol–water partition coefficient (Wildman–Crippen LogP) is 3.71. The average Bonchev–Trinajstić information content (AvgIpc) is 2.74. The van der Waals surface area contributed by atoms with E-state index in [1.54, 1.807) is 42.5 Å². The van der Waals surface area contributed by atoms with E-state index in [2.05, 4.69) is 23.5 Å². The van der Waals surface area contributed by atoms with Gasteiger partial charge in [-0.2, -0.15) is 0 Å². The Labute approximate surface area is 183 Å². The van der Waals surface area contributed by atoms with E-state index in [-0.39, 0.29) is 10.8 Å². The summed E-state index contributed by atoms with van der Waals surface area (Å²) in [5.41, 5.74) is 1.08. The maximum Gasteiger partial charge on any atom is 0.261 e. The van der Waals surface area contributed by atoms with Crippen molar-refractivity contribution in [3.05, 3.63) is 65.2 Å². The quantitative estimate of drug-likeness (QED) is 0.685. The lowest BCUT2D eigenvalue weighted by molar-refractivity contribution is -0.127. The first-order chi connectivity index (χ1) is 14.3. The molecule has 1 saturated heterocycles. The topological polar surface area (TPSA) is 69.7 Å². The fourth-order valence-corrected chi connectivity index (χ4v) is 4.56.